The minimum atomic E-state index is 0.231. The van der Waals surface area contributed by atoms with Gasteiger partial charge in [-0.25, -0.2) is 0 Å². The van der Waals surface area contributed by atoms with Gasteiger partial charge in [-0.1, -0.05) is 53.9 Å². The minimum Gasteiger partial charge on any atom is -0.506 e. The van der Waals surface area contributed by atoms with E-state index in [1.54, 1.807) is 12.3 Å². The van der Waals surface area contributed by atoms with E-state index in [1.807, 2.05) is 18.2 Å². The van der Waals surface area contributed by atoms with E-state index in [2.05, 4.69) is 44.9 Å². The Kier molecular flexibility index (Phi) is 8.85. The molecule has 6 rings (SSSR count). The smallest absolute Gasteiger partial charge is 0.141 e. The Bertz CT molecular complexity index is 1210. The molecular weight excluding hydrogens is 516 g/mol. The lowest BCUT2D eigenvalue weighted by Gasteiger charge is -2.61. The van der Waals surface area contributed by atoms with Crippen LogP contribution < -0.4 is 5.32 Å². The third kappa shape index (κ3) is 5.59. The van der Waals surface area contributed by atoms with E-state index in [0.29, 0.717) is 22.5 Å². The quantitative estimate of drug-likeness (QED) is 0.219. The number of hydrogen-bond donors (Lipinski definition) is 2. The summed E-state index contributed by atoms with van der Waals surface area (Å²) < 4.78 is 6.52. The molecule has 9 atom stereocenters. The third-order valence-corrected chi connectivity index (χ3v) is 13.3. The molecule has 0 aliphatic heterocycles. The van der Waals surface area contributed by atoms with Crippen LogP contribution in [0.1, 0.15) is 112 Å². The van der Waals surface area contributed by atoms with E-state index in [4.69, 9.17) is 4.74 Å². The molecule has 4 nitrogen and oxygen atoms in total. The van der Waals surface area contributed by atoms with Gasteiger partial charge < -0.3 is 15.2 Å². The highest BCUT2D eigenvalue weighted by atomic mass is 16.5. The highest BCUT2D eigenvalue weighted by Crippen LogP contribution is 2.68. The van der Waals surface area contributed by atoms with Crippen molar-refractivity contribution in [1.29, 1.82) is 0 Å². The lowest BCUT2D eigenvalue weighted by Crippen LogP contribution is -2.54. The second-order valence-corrected chi connectivity index (χ2v) is 15.9. The number of pyridine rings is 1. The summed E-state index contributed by atoms with van der Waals surface area (Å²) in [7, 11) is 0. The highest BCUT2D eigenvalue weighted by molar-refractivity contribution is 5.94. The van der Waals surface area contributed by atoms with Crippen LogP contribution in [0.5, 0.6) is 5.75 Å². The zero-order valence-electron chi connectivity index (χ0n) is 27.2. The standard InChI is InChI=1S/C38H58N2O2/c1-25(2)8-6-9-26(3)31-13-14-32-29-12-11-27-24-28(17-19-37(27,4)33(29)18-20-38(31,32)5)42-23-22-39-34-15-16-35(41)36-30(34)10-7-21-40-36/h7,10,15-16,21,25-29,31-33,39,41H,6,8-9,11-14,17-20,22-24H2,1-5H3/t26-,27?,28+,29?,31?,32?,33?,37+,38-/m1/s1. The number of ether oxygens (including phenoxy) is 1. The van der Waals surface area contributed by atoms with Crippen LogP contribution >= 0.6 is 0 Å². The fourth-order valence-electron chi connectivity index (χ4n) is 11.1. The zero-order valence-corrected chi connectivity index (χ0v) is 27.2. The second kappa shape index (κ2) is 12.3. The molecule has 232 valence electrons. The Balaban J connectivity index is 1.02. The maximum Gasteiger partial charge on any atom is 0.141 e. The van der Waals surface area contributed by atoms with Crippen LogP contribution in [0.15, 0.2) is 30.5 Å². The summed E-state index contributed by atoms with van der Waals surface area (Å²) in [5, 5.41) is 14.6. The molecule has 0 spiro atoms. The number of aromatic nitrogens is 1. The summed E-state index contributed by atoms with van der Waals surface area (Å²) in [6.07, 6.45) is 19.1. The first kappa shape index (κ1) is 30.2. The number of hydrogen-bond acceptors (Lipinski definition) is 4. The van der Waals surface area contributed by atoms with Gasteiger partial charge in [-0.05, 0) is 134 Å². The number of phenols is 1. The van der Waals surface area contributed by atoms with Crippen molar-refractivity contribution < 1.29 is 9.84 Å². The van der Waals surface area contributed by atoms with Crippen LogP contribution in [-0.2, 0) is 4.74 Å². The van der Waals surface area contributed by atoms with Crippen molar-refractivity contribution in [2.75, 3.05) is 18.5 Å². The van der Waals surface area contributed by atoms with Gasteiger partial charge in [-0.2, -0.15) is 0 Å². The van der Waals surface area contributed by atoms with Gasteiger partial charge in [-0.15, -0.1) is 0 Å². The Labute approximate surface area is 255 Å². The van der Waals surface area contributed by atoms with E-state index in [1.165, 1.54) is 77.0 Å². The maximum atomic E-state index is 10.1. The number of rotatable bonds is 10. The monoisotopic (exact) mass is 574 g/mol. The van der Waals surface area contributed by atoms with Gasteiger partial charge in [0.25, 0.3) is 0 Å². The average Bonchev–Trinajstić information content (AvgIpc) is 3.33. The topological polar surface area (TPSA) is 54.4 Å². The zero-order chi connectivity index (χ0) is 29.5. The lowest BCUT2D eigenvalue weighted by atomic mass is 9.44. The minimum absolute atomic E-state index is 0.231. The molecule has 2 N–H and O–H groups in total. The van der Waals surface area contributed by atoms with Crippen LogP contribution in [0.4, 0.5) is 5.69 Å². The molecule has 1 aromatic carbocycles. The molecule has 0 radical (unpaired) electrons. The predicted octanol–water partition coefficient (Wildman–Crippen LogP) is 9.86. The number of phenolic OH excluding ortho intramolecular Hbond substituents is 1. The summed E-state index contributed by atoms with van der Waals surface area (Å²) in [5.41, 5.74) is 2.77. The number of benzene rings is 1. The molecular formula is C38H58N2O2. The first-order chi connectivity index (χ1) is 20.2. The van der Waals surface area contributed by atoms with Gasteiger partial charge >= 0.3 is 0 Å². The molecule has 2 aromatic rings. The van der Waals surface area contributed by atoms with Gasteiger partial charge in [0.15, 0.2) is 0 Å². The third-order valence-electron chi connectivity index (χ3n) is 13.3. The predicted molar refractivity (Wildman–Crippen MR) is 175 cm³/mol. The number of aromatic hydroxyl groups is 1. The number of anilines is 1. The molecule has 5 unspecified atom stereocenters. The summed E-state index contributed by atoms with van der Waals surface area (Å²) in [5.74, 6) is 6.62. The number of nitrogens with one attached hydrogen (secondary N) is 1. The van der Waals surface area contributed by atoms with Crippen LogP contribution in [0, 0.1) is 52.3 Å². The van der Waals surface area contributed by atoms with E-state index >= 15 is 0 Å². The Morgan fingerprint density at radius 3 is 2.60 bits per heavy atom. The van der Waals surface area contributed by atoms with Crippen LogP contribution in [0.3, 0.4) is 0 Å². The SMILES string of the molecule is CC(C)CCC[C@@H](C)C1CCC2C3CCC4C[C@@H](OCCNc5ccc(O)c6ncccc56)CC[C@]4(C)C3CC[C@@]21C. The summed E-state index contributed by atoms with van der Waals surface area (Å²) >= 11 is 0. The first-order valence-corrected chi connectivity index (χ1v) is 17.6. The van der Waals surface area contributed by atoms with E-state index < -0.39 is 0 Å². The highest BCUT2D eigenvalue weighted by Gasteiger charge is 2.60. The molecule has 0 bridgehead atoms. The Morgan fingerprint density at radius 1 is 0.952 bits per heavy atom. The van der Waals surface area contributed by atoms with Crippen molar-refractivity contribution in [3.63, 3.8) is 0 Å². The van der Waals surface area contributed by atoms with E-state index in [0.717, 1.165) is 65.7 Å². The molecule has 42 heavy (non-hydrogen) atoms. The molecule has 4 fully saturated rings. The van der Waals surface area contributed by atoms with Gasteiger partial charge in [0.05, 0.1) is 12.7 Å². The fraction of sp³-hybridized carbons (Fsp3) is 0.763. The Hall–Kier alpha value is -1.81. The number of nitrogens with zero attached hydrogens (tertiary/aromatic N) is 1. The van der Waals surface area contributed by atoms with Crippen LogP contribution in [0.25, 0.3) is 10.9 Å². The molecule has 1 aromatic heterocycles. The van der Waals surface area contributed by atoms with Gasteiger partial charge in [0, 0.05) is 23.8 Å². The molecule has 4 aliphatic rings. The van der Waals surface area contributed by atoms with Gasteiger partial charge in [-0.3, -0.25) is 4.98 Å². The molecule has 4 saturated carbocycles. The van der Waals surface area contributed by atoms with Crippen molar-refractivity contribution in [3.05, 3.63) is 30.5 Å². The fourth-order valence-corrected chi connectivity index (χ4v) is 11.1. The van der Waals surface area contributed by atoms with Crippen molar-refractivity contribution in [2.45, 2.75) is 118 Å². The van der Waals surface area contributed by atoms with Gasteiger partial charge in [0.1, 0.15) is 11.3 Å². The van der Waals surface area contributed by atoms with Crippen LogP contribution in [0.2, 0.25) is 0 Å². The first-order valence-electron chi connectivity index (χ1n) is 17.6. The summed E-state index contributed by atoms with van der Waals surface area (Å²) in [6.45, 7) is 14.3. The van der Waals surface area contributed by atoms with Crippen LogP contribution in [-0.4, -0.2) is 29.3 Å². The number of fused-ring (bicyclic) bond motifs is 6. The van der Waals surface area contributed by atoms with Crippen molar-refractivity contribution >= 4 is 16.6 Å². The van der Waals surface area contributed by atoms with Crippen molar-refractivity contribution in [2.24, 2.45) is 52.3 Å². The maximum absolute atomic E-state index is 10.1. The van der Waals surface area contributed by atoms with Crippen molar-refractivity contribution in [1.82, 2.24) is 4.98 Å². The molecule has 4 aliphatic carbocycles. The lowest BCUT2D eigenvalue weighted by molar-refractivity contribution is -0.136. The normalized spacial score (nSPS) is 36.8. The molecule has 0 amide bonds. The van der Waals surface area contributed by atoms with Gasteiger partial charge in [0.2, 0.25) is 0 Å². The summed E-state index contributed by atoms with van der Waals surface area (Å²) in [6, 6.07) is 7.60. The van der Waals surface area contributed by atoms with E-state index in [-0.39, 0.29) is 5.75 Å². The summed E-state index contributed by atoms with van der Waals surface area (Å²) in [4.78, 5) is 4.34. The molecule has 1 heterocycles. The van der Waals surface area contributed by atoms with E-state index in [9.17, 15) is 5.11 Å². The second-order valence-electron chi connectivity index (χ2n) is 15.9. The average molecular weight is 575 g/mol. The Morgan fingerprint density at radius 2 is 1.76 bits per heavy atom. The molecule has 4 heteroatoms. The van der Waals surface area contributed by atoms with Crippen molar-refractivity contribution in [3.8, 4) is 5.75 Å². The molecule has 0 saturated heterocycles. The largest absolute Gasteiger partial charge is 0.506 e.